The van der Waals surface area contributed by atoms with Crippen molar-refractivity contribution in [3.63, 3.8) is 0 Å². The van der Waals surface area contributed by atoms with E-state index in [1.54, 1.807) is 6.07 Å². The number of ether oxygens (including phenoxy) is 1. The number of carboxylic acids is 1. The van der Waals surface area contributed by atoms with Gasteiger partial charge in [0.05, 0.1) is 3.57 Å². The minimum Gasteiger partial charge on any atom is -0.478 e. The van der Waals surface area contributed by atoms with Gasteiger partial charge in [0.2, 0.25) is 0 Å². The molecule has 0 aromatic heterocycles. The summed E-state index contributed by atoms with van der Waals surface area (Å²) >= 11 is 3.93. The van der Waals surface area contributed by atoms with Gasteiger partial charge in [0.1, 0.15) is 5.56 Å². The van der Waals surface area contributed by atoms with E-state index in [0.29, 0.717) is 3.57 Å². The Balaban J connectivity index is 3.26. The summed E-state index contributed by atoms with van der Waals surface area (Å²) in [7, 11) is 0. The van der Waals surface area contributed by atoms with E-state index in [4.69, 9.17) is 9.84 Å². The number of hydrogen-bond acceptors (Lipinski definition) is 3. The molecule has 0 aliphatic heterocycles. The molecule has 0 aliphatic carbocycles. The van der Waals surface area contributed by atoms with E-state index in [2.05, 4.69) is 6.58 Å². The van der Waals surface area contributed by atoms with Gasteiger partial charge in [0.15, 0.2) is 5.75 Å². The second kappa shape index (κ2) is 5.80. The van der Waals surface area contributed by atoms with E-state index in [1.807, 2.05) is 45.2 Å². The number of carboxylic acid groups (broad SMARTS) is 1. The Labute approximate surface area is 125 Å². The summed E-state index contributed by atoms with van der Waals surface area (Å²) in [6.07, 6.45) is 0. The molecule has 0 unspecified atom stereocenters. The summed E-state index contributed by atoms with van der Waals surface area (Å²) in [4.78, 5) is 22.5. The first-order chi connectivity index (χ1) is 7.82. The highest BCUT2D eigenvalue weighted by Gasteiger charge is 2.19. The maximum absolute atomic E-state index is 11.4. The highest BCUT2D eigenvalue weighted by Crippen LogP contribution is 2.29. The topological polar surface area (TPSA) is 63.6 Å². The summed E-state index contributed by atoms with van der Waals surface area (Å²) in [6.45, 7) is 4.95. The number of carbonyl (C=O) groups is 2. The van der Waals surface area contributed by atoms with Crippen molar-refractivity contribution in [1.82, 2.24) is 0 Å². The molecule has 0 amide bonds. The quantitative estimate of drug-likeness (QED) is 0.328. The van der Waals surface area contributed by atoms with Gasteiger partial charge in [-0.1, -0.05) is 6.58 Å². The predicted molar refractivity (Wildman–Crippen MR) is 79.3 cm³/mol. The highest BCUT2D eigenvalue weighted by atomic mass is 127. The van der Waals surface area contributed by atoms with E-state index >= 15 is 0 Å². The number of esters is 1. The van der Waals surface area contributed by atoms with Crippen LogP contribution in [0.2, 0.25) is 0 Å². The van der Waals surface area contributed by atoms with Crippen LogP contribution in [0.5, 0.6) is 5.75 Å². The molecule has 0 radical (unpaired) electrons. The van der Waals surface area contributed by atoms with E-state index in [9.17, 15) is 9.59 Å². The van der Waals surface area contributed by atoms with E-state index in [-0.39, 0.29) is 16.9 Å². The Morgan fingerprint density at radius 2 is 1.94 bits per heavy atom. The number of carbonyl (C=O) groups excluding carboxylic acids is 1. The lowest BCUT2D eigenvalue weighted by Crippen LogP contribution is -2.13. The molecule has 1 rings (SSSR count). The van der Waals surface area contributed by atoms with Gasteiger partial charge in [0.25, 0.3) is 0 Å². The minimum atomic E-state index is -1.13. The van der Waals surface area contributed by atoms with Gasteiger partial charge < -0.3 is 9.84 Å². The molecule has 0 saturated carbocycles. The highest BCUT2D eigenvalue weighted by molar-refractivity contribution is 14.1. The average Bonchev–Trinajstić information content (AvgIpc) is 2.20. The number of rotatable bonds is 3. The maximum Gasteiger partial charge on any atom is 0.339 e. The molecule has 0 heterocycles. The fourth-order valence-corrected chi connectivity index (χ4v) is 2.96. The van der Waals surface area contributed by atoms with Crippen molar-refractivity contribution in [2.45, 2.75) is 6.92 Å². The first kappa shape index (κ1) is 14.4. The number of halogens is 2. The van der Waals surface area contributed by atoms with Crippen LogP contribution in [0.15, 0.2) is 24.3 Å². The molecule has 0 atom stereocenters. The average molecular weight is 458 g/mol. The van der Waals surface area contributed by atoms with Crippen molar-refractivity contribution in [3.8, 4) is 5.75 Å². The standard InChI is InChI=1S/C11H8I2O4/c1-5(2)11(16)17-9-7(10(14)15)3-6(12)4-8(9)13/h3-4H,1H2,2H3,(H,14,15). The van der Waals surface area contributed by atoms with Crippen LogP contribution >= 0.6 is 45.2 Å². The lowest BCUT2D eigenvalue weighted by atomic mass is 10.2. The third-order valence-electron chi connectivity index (χ3n) is 1.78. The van der Waals surface area contributed by atoms with E-state index < -0.39 is 11.9 Å². The molecule has 17 heavy (non-hydrogen) atoms. The monoisotopic (exact) mass is 458 g/mol. The van der Waals surface area contributed by atoms with Gasteiger partial charge in [-0.05, 0) is 64.2 Å². The fourth-order valence-electron chi connectivity index (χ4n) is 1.00. The van der Waals surface area contributed by atoms with Crippen molar-refractivity contribution < 1.29 is 19.4 Å². The summed E-state index contributed by atoms with van der Waals surface area (Å²) < 4.78 is 6.36. The van der Waals surface area contributed by atoms with Crippen LogP contribution in [0.4, 0.5) is 0 Å². The zero-order valence-electron chi connectivity index (χ0n) is 8.79. The molecule has 6 heteroatoms. The first-order valence-electron chi connectivity index (χ1n) is 4.43. The van der Waals surface area contributed by atoms with Crippen LogP contribution < -0.4 is 4.74 Å². The van der Waals surface area contributed by atoms with E-state index in [0.717, 1.165) is 3.57 Å². The van der Waals surface area contributed by atoms with Crippen molar-refractivity contribution in [2.75, 3.05) is 0 Å². The molecule has 0 saturated heterocycles. The second-order valence-electron chi connectivity index (χ2n) is 3.24. The second-order valence-corrected chi connectivity index (χ2v) is 5.65. The van der Waals surface area contributed by atoms with Gasteiger partial charge in [-0.2, -0.15) is 0 Å². The van der Waals surface area contributed by atoms with Crippen LogP contribution in [-0.4, -0.2) is 17.0 Å². The smallest absolute Gasteiger partial charge is 0.339 e. The van der Waals surface area contributed by atoms with Gasteiger partial charge in [-0.3, -0.25) is 0 Å². The van der Waals surface area contributed by atoms with Crippen molar-refractivity contribution >= 4 is 57.1 Å². The molecule has 0 spiro atoms. The van der Waals surface area contributed by atoms with Gasteiger partial charge >= 0.3 is 11.9 Å². The molecule has 0 fully saturated rings. The zero-order chi connectivity index (χ0) is 13.2. The van der Waals surface area contributed by atoms with Crippen LogP contribution in [0.1, 0.15) is 17.3 Å². The van der Waals surface area contributed by atoms with Crippen molar-refractivity contribution in [1.29, 1.82) is 0 Å². The molecule has 1 aromatic carbocycles. The van der Waals surface area contributed by atoms with Crippen molar-refractivity contribution in [3.05, 3.63) is 37.0 Å². The largest absolute Gasteiger partial charge is 0.478 e. The minimum absolute atomic E-state index is 0.0316. The van der Waals surface area contributed by atoms with Crippen LogP contribution in [0.3, 0.4) is 0 Å². The number of benzene rings is 1. The summed E-state index contributed by atoms with van der Waals surface area (Å²) in [5, 5.41) is 9.05. The molecule has 1 aromatic rings. The third-order valence-corrected chi connectivity index (χ3v) is 3.21. The Kier molecular flexibility index (Phi) is 4.92. The SMILES string of the molecule is C=C(C)C(=O)Oc1c(I)cc(I)cc1C(=O)O. The summed E-state index contributed by atoms with van der Waals surface area (Å²) in [6, 6.07) is 3.18. The molecular weight excluding hydrogens is 450 g/mol. The molecule has 90 valence electrons. The Bertz CT molecular complexity index is 508. The Hall–Kier alpha value is -0.640. The normalized spacial score (nSPS) is 9.82. The van der Waals surface area contributed by atoms with Gasteiger partial charge in [-0.25, -0.2) is 9.59 Å². The lowest BCUT2D eigenvalue weighted by Gasteiger charge is -2.10. The molecular formula is C11H8I2O4. The zero-order valence-corrected chi connectivity index (χ0v) is 13.1. The number of hydrogen-bond donors (Lipinski definition) is 1. The van der Waals surface area contributed by atoms with Crippen LogP contribution in [0, 0.1) is 7.14 Å². The predicted octanol–water partition coefficient (Wildman–Crippen LogP) is 3.08. The third kappa shape index (κ3) is 3.66. The van der Waals surface area contributed by atoms with Gasteiger partial charge in [-0.15, -0.1) is 0 Å². The van der Waals surface area contributed by atoms with E-state index in [1.165, 1.54) is 13.0 Å². The molecule has 4 nitrogen and oxygen atoms in total. The van der Waals surface area contributed by atoms with Crippen LogP contribution in [0.25, 0.3) is 0 Å². The molecule has 1 N–H and O–H groups in total. The lowest BCUT2D eigenvalue weighted by molar-refractivity contribution is -0.130. The molecule has 0 bridgehead atoms. The van der Waals surface area contributed by atoms with Crippen LogP contribution in [-0.2, 0) is 4.79 Å². The molecule has 0 aliphatic rings. The fraction of sp³-hybridized carbons (Fsp3) is 0.0909. The maximum atomic E-state index is 11.4. The van der Waals surface area contributed by atoms with Crippen molar-refractivity contribution in [2.24, 2.45) is 0 Å². The Morgan fingerprint density at radius 1 is 1.35 bits per heavy atom. The number of aromatic carboxylic acids is 1. The summed E-state index contributed by atoms with van der Waals surface area (Å²) in [5.41, 5.74) is 0.187. The first-order valence-corrected chi connectivity index (χ1v) is 6.58. The summed E-state index contributed by atoms with van der Waals surface area (Å²) in [5.74, 6) is -1.70. The Morgan fingerprint density at radius 3 is 2.41 bits per heavy atom. The van der Waals surface area contributed by atoms with Gasteiger partial charge in [0, 0.05) is 9.14 Å².